The van der Waals surface area contributed by atoms with Crippen molar-refractivity contribution in [3.8, 4) is 5.75 Å². The summed E-state index contributed by atoms with van der Waals surface area (Å²) in [5.74, 6) is 0.898. The number of methoxy groups -OCH3 is 1. The molecule has 78 valence electrons. The van der Waals surface area contributed by atoms with Crippen molar-refractivity contribution in [1.82, 2.24) is 0 Å². The minimum absolute atomic E-state index is 0.0424. The Morgan fingerprint density at radius 1 is 1.07 bits per heavy atom. The average Bonchev–Trinajstić information content (AvgIpc) is 2.27. The summed E-state index contributed by atoms with van der Waals surface area (Å²) < 4.78 is 5.32. The molecule has 0 aliphatic rings. The first-order valence-corrected chi connectivity index (χ1v) is 5.05. The lowest BCUT2D eigenvalue weighted by Crippen LogP contribution is -2.05. The van der Waals surface area contributed by atoms with Crippen LogP contribution in [0.15, 0.2) is 36.4 Å². The summed E-state index contributed by atoms with van der Waals surface area (Å²) >= 11 is 0. The van der Waals surface area contributed by atoms with Crippen LogP contribution in [-0.4, -0.2) is 7.11 Å². The van der Waals surface area contributed by atoms with Gasteiger partial charge >= 0.3 is 0 Å². The summed E-state index contributed by atoms with van der Waals surface area (Å²) in [4.78, 5) is 0. The fourth-order valence-electron chi connectivity index (χ4n) is 1.88. The standard InChI is InChI=1S/C13H15NO/c1-9(14)10-5-3-7-12-11(10)6-4-8-13(12)15-2/h3-9H,14H2,1-2H3. The van der Waals surface area contributed by atoms with Gasteiger partial charge in [-0.05, 0) is 23.9 Å². The molecule has 0 heterocycles. The van der Waals surface area contributed by atoms with Crippen LogP contribution in [0.1, 0.15) is 18.5 Å². The van der Waals surface area contributed by atoms with Gasteiger partial charge in [-0.1, -0.05) is 30.3 Å². The molecule has 0 radical (unpaired) electrons. The van der Waals surface area contributed by atoms with E-state index in [9.17, 15) is 0 Å². The van der Waals surface area contributed by atoms with Crippen molar-refractivity contribution in [2.24, 2.45) is 5.73 Å². The Morgan fingerprint density at radius 3 is 2.40 bits per heavy atom. The fourth-order valence-corrected chi connectivity index (χ4v) is 1.88. The van der Waals surface area contributed by atoms with Gasteiger partial charge in [-0.25, -0.2) is 0 Å². The Morgan fingerprint density at radius 2 is 1.73 bits per heavy atom. The summed E-state index contributed by atoms with van der Waals surface area (Å²) in [7, 11) is 1.69. The number of ether oxygens (including phenoxy) is 1. The van der Waals surface area contributed by atoms with Gasteiger partial charge in [0.05, 0.1) is 7.11 Å². The molecule has 0 fully saturated rings. The SMILES string of the molecule is COc1cccc2c(C(C)N)cccc12. The maximum absolute atomic E-state index is 5.93. The molecule has 0 saturated carbocycles. The third-order valence-electron chi connectivity index (χ3n) is 2.63. The Kier molecular flexibility index (Phi) is 2.60. The van der Waals surface area contributed by atoms with Crippen molar-refractivity contribution in [3.05, 3.63) is 42.0 Å². The quantitative estimate of drug-likeness (QED) is 0.810. The van der Waals surface area contributed by atoms with Gasteiger partial charge < -0.3 is 10.5 Å². The van der Waals surface area contributed by atoms with E-state index in [1.807, 2.05) is 25.1 Å². The van der Waals surface area contributed by atoms with Crippen LogP contribution in [0.2, 0.25) is 0 Å². The van der Waals surface area contributed by atoms with Gasteiger partial charge in [-0.15, -0.1) is 0 Å². The monoisotopic (exact) mass is 201 g/mol. The van der Waals surface area contributed by atoms with Crippen LogP contribution in [0, 0.1) is 0 Å². The third-order valence-corrected chi connectivity index (χ3v) is 2.63. The van der Waals surface area contributed by atoms with E-state index < -0.39 is 0 Å². The molecule has 1 atom stereocenters. The number of hydrogen-bond acceptors (Lipinski definition) is 2. The van der Waals surface area contributed by atoms with Gasteiger partial charge in [0.2, 0.25) is 0 Å². The van der Waals surface area contributed by atoms with Gasteiger partial charge in [-0.3, -0.25) is 0 Å². The Bertz CT molecular complexity index is 477. The van der Waals surface area contributed by atoms with Crippen LogP contribution in [0.25, 0.3) is 10.8 Å². The first-order chi connectivity index (χ1) is 7.24. The van der Waals surface area contributed by atoms with Crippen LogP contribution in [0.5, 0.6) is 5.75 Å². The second-order valence-electron chi connectivity index (χ2n) is 3.69. The van der Waals surface area contributed by atoms with E-state index >= 15 is 0 Å². The summed E-state index contributed by atoms with van der Waals surface area (Å²) in [5, 5.41) is 2.29. The molecule has 15 heavy (non-hydrogen) atoms. The Balaban J connectivity index is 2.76. The molecule has 0 aromatic heterocycles. The van der Waals surface area contributed by atoms with Crippen LogP contribution in [-0.2, 0) is 0 Å². The number of benzene rings is 2. The lowest BCUT2D eigenvalue weighted by molar-refractivity contribution is 0.420. The molecular formula is C13H15NO. The smallest absolute Gasteiger partial charge is 0.126 e. The first kappa shape index (κ1) is 9.99. The van der Waals surface area contributed by atoms with Crippen molar-refractivity contribution in [3.63, 3.8) is 0 Å². The van der Waals surface area contributed by atoms with E-state index in [0.717, 1.165) is 16.7 Å². The van der Waals surface area contributed by atoms with Crippen molar-refractivity contribution in [1.29, 1.82) is 0 Å². The normalized spacial score (nSPS) is 12.7. The van der Waals surface area contributed by atoms with Crippen molar-refractivity contribution in [2.75, 3.05) is 7.11 Å². The van der Waals surface area contributed by atoms with E-state index in [-0.39, 0.29) is 6.04 Å². The van der Waals surface area contributed by atoms with Crippen molar-refractivity contribution < 1.29 is 4.74 Å². The average molecular weight is 201 g/mol. The van der Waals surface area contributed by atoms with Crippen molar-refractivity contribution in [2.45, 2.75) is 13.0 Å². The van der Waals surface area contributed by atoms with Gasteiger partial charge in [0.15, 0.2) is 0 Å². The second kappa shape index (κ2) is 3.91. The summed E-state index contributed by atoms with van der Waals surface area (Å²) in [6, 6.07) is 12.2. The molecule has 1 unspecified atom stereocenters. The minimum atomic E-state index is 0.0424. The third kappa shape index (κ3) is 1.68. The lowest BCUT2D eigenvalue weighted by Gasteiger charge is -2.11. The highest BCUT2D eigenvalue weighted by Crippen LogP contribution is 2.29. The van der Waals surface area contributed by atoms with Gasteiger partial charge in [-0.2, -0.15) is 0 Å². The van der Waals surface area contributed by atoms with E-state index in [1.54, 1.807) is 7.11 Å². The zero-order valence-corrected chi connectivity index (χ0v) is 9.03. The number of rotatable bonds is 2. The zero-order valence-electron chi connectivity index (χ0n) is 9.03. The molecule has 2 heteroatoms. The minimum Gasteiger partial charge on any atom is -0.496 e. The highest BCUT2D eigenvalue weighted by atomic mass is 16.5. The van der Waals surface area contributed by atoms with Crippen LogP contribution in [0.3, 0.4) is 0 Å². The maximum atomic E-state index is 5.93. The van der Waals surface area contributed by atoms with E-state index in [2.05, 4.69) is 18.2 Å². The molecule has 0 bridgehead atoms. The highest BCUT2D eigenvalue weighted by Gasteiger charge is 2.07. The molecule has 2 aromatic carbocycles. The van der Waals surface area contributed by atoms with Gasteiger partial charge in [0.25, 0.3) is 0 Å². The van der Waals surface area contributed by atoms with E-state index in [1.165, 1.54) is 5.39 Å². The molecular weight excluding hydrogens is 186 g/mol. The Hall–Kier alpha value is -1.54. The van der Waals surface area contributed by atoms with Gasteiger partial charge in [0, 0.05) is 11.4 Å². The van der Waals surface area contributed by atoms with Gasteiger partial charge in [0.1, 0.15) is 5.75 Å². The Labute approximate surface area is 89.7 Å². The molecule has 0 aliphatic heterocycles. The molecule has 2 aromatic rings. The highest BCUT2D eigenvalue weighted by molar-refractivity contribution is 5.91. The van der Waals surface area contributed by atoms with E-state index in [4.69, 9.17) is 10.5 Å². The molecule has 0 aliphatic carbocycles. The van der Waals surface area contributed by atoms with Crippen LogP contribution >= 0.6 is 0 Å². The topological polar surface area (TPSA) is 35.2 Å². The molecule has 2 rings (SSSR count). The largest absolute Gasteiger partial charge is 0.496 e. The molecule has 2 nitrogen and oxygen atoms in total. The summed E-state index contributed by atoms with van der Waals surface area (Å²) in [6.45, 7) is 1.99. The first-order valence-electron chi connectivity index (χ1n) is 5.05. The van der Waals surface area contributed by atoms with Crippen LogP contribution in [0.4, 0.5) is 0 Å². The predicted octanol–water partition coefficient (Wildman–Crippen LogP) is 2.87. The molecule has 0 amide bonds. The fraction of sp³-hybridized carbons (Fsp3) is 0.231. The molecule has 2 N–H and O–H groups in total. The molecule has 0 spiro atoms. The van der Waals surface area contributed by atoms with E-state index in [0.29, 0.717) is 0 Å². The lowest BCUT2D eigenvalue weighted by atomic mass is 10.00. The predicted molar refractivity (Wildman–Crippen MR) is 63.1 cm³/mol. The molecule has 0 saturated heterocycles. The number of nitrogens with two attached hydrogens (primary N) is 1. The summed E-state index contributed by atoms with van der Waals surface area (Å²) in [6.07, 6.45) is 0. The van der Waals surface area contributed by atoms with Crippen molar-refractivity contribution >= 4 is 10.8 Å². The number of fused-ring (bicyclic) bond motifs is 1. The van der Waals surface area contributed by atoms with Crippen LogP contribution < -0.4 is 10.5 Å². The second-order valence-corrected chi connectivity index (χ2v) is 3.69. The zero-order chi connectivity index (χ0) is 10.8. The maximum Gasteiger partial charge on any atom is 0.126 e. The summed E-state index contributed by atoms with van der Waals surface area (Å²) in [5.41, 5.74) is 7.09. The number of hydrogen-bond donors (Lipinski definition) is 1.